The van der Waals surface area contributed by atoms with Gasteiger partial charge < -0.3 is 15.4 Å². The molecule has 0 aromatic heterocycles. The van der Waals surface area contributed by atoms with Crippen LogP contribution in [0.1, 0.15) is 38.2 Å². The van der Waals surface area contributed by atoms with Crippen LogP contribution in [0.15, 0.2) is 30.3 Å². The summed E-state index contributed by atoms with van der Waals surface area (Å²) in [6.45, 7) is 4.05. The van der Waals surface area contributed by atoms with E-state index in [1.807, 2.05) is 35.2 Å². The predicted molar refractivity (Wildman–Crippen MR) is 83.8 cm³/mol. The molecule has 1 heterocycles. The van der Waals surface area contributed by atoms with E-state index >= 15 is 0 Å². The zero-order valence-electron chi connectivity index (χ0n) is 12.8. The van der Waals surface area contributed by atoms with Crippen molar-refractivity contribution in [2.24, 2.45) is 11.7 Å². The lowest BCUT2D eigenvalue weighted by molar-refractivity contribution is 0.0809. The lowest BCUT2D eigenvalue weighted by Crippen LogP contribution is -2.40. The molecule has 1 unspecified atom stereocenters. The number of benzene rings is 1. The molecule has 0 bridgehead atoms. The van der Waals surface area contributed by atoms with Gasteiger partial charge in [-0.2, -0.15) is 0 Å². The first-order valence-electron chi connectivity index (χ1n) is 7.90. The Kier molecular flexibility index (Phi) is 6.05. The second-order valence-electron chi connectivity index (χ2n) is 5.87. The van der Waals surface area contributed by atoms with Gasteiger partial charge in [-0.15, -0.1) is 0 Å². The monoisotopic (exact) mass is 290 g/mol. The third-order valence-electron chi connectivity index (χ3n) is 4.24. The molecule has 116 valence electrons. The lowest BCUT2D eigenvalue weighted by Gasteiger charge is -2.32. The third-order valence-corrected chi connectivity index (χ3v) is 4.24. The number of hydrogen-bond acceptors (Lipinski definition) is 3. The summed E-state index contributed by atoms with van der Waals surface area (Å²) in [4.78, 5) is 13.9. The first-order chi connectivity index (χ1) is 10.2. The van der Waals surface area contributed by atoms with E-state index in [9.17, 15) is 4.79 Å². The molecular weight excluding hydrogens is 264 g/mol. The molecule has 1 aliphatic heterocycles. The van der Waals surface area contributed by atoms with Gasteiger partial charge in [-0.25, -0.2) is 4.79 Å². The summed E-state index contributed by atoms with van der Waals surface area (Å²) < 4.78 is 5.37. The van der Waals surface area contributed by atoms with E-state index in [0.717, 1.165) is 44.3 Å². The fourth-order valence-electron chi connectivity index (χ4n) is 2.76. The van der Waals surface area contributed by atoms with Gasteiger partial charge in [0.1, 0.15) is 6.61 Å². The first-order valence-corrected chi connectivity index (χ1v) is 7.90. The zero-order chi connectivity index (χ0) is 15.1. The highest BCUT2D eigenvalue weighted by Crippen LogP contribution is 2.22. The molecule has 2 rings (SSSR count). The van der Waals surface area contributed by atoms with Crippen molar-refractivity contribution in [2.75, 3.05) is 13.1 Å². The highest BCUT2D eigenvalue weighted by molar-refractivity contribution is 5.67. The van der Waals surface area contributed by atoms with Gasteiger partial charge >= 0.3 is 6.09 Å². The van der Waals surface area contributed by atoms with Gasteiger partial charge in [0.2, 0.25) is 0 Å². The molecule has 1 amide bonds. The molecule has 1 aliphatic rings. The van der Waals surface area contributed by atoms with E-state index in [4.69, 9.17) is 10.5 Å². The molecule has 0 aliphatic carbocycles. The highest BCUT2D eigenvalue weighted by Gasteiger charge is 2.24. The Labute approximate surface area is 127 Å². The maximum absolute atomic E-state index is 12.0. The fraction of sp³-hybridized carbons (Fsp3) is 0.588. The van der Waals surface area contributed by atoms with Crippen molar-refractivity contribution in [1.29, 1.82) is 0 Å². The van der Waals surface area contributed by atoms with Crippen molar-refractivity contribution in [3.63, 3.8) is 0 Å². The van der Waals surface area contributed by atoms with Crippen LogP contribution in [0.5, 0.6) is 0 Å². The maximum atomic E-state index is 12.0. The molecule has 1 atom stereocenters. The second-order valence-corrected chi connectivity index (χ2v) is 5.87. The SMILES string of the molecule is CCC(N)CC1CCN(C(=O)OCc2ccccc2)CC1. The number of hydrogen-bond donors (Lipinski definition) is 1. The van der Waals surface area contributed by atoms with Gasteiger partial charge in [-0.1, -0.05) is 37.3 Å². The number of nitrogens with zero attached hydrogens (tertiary/aromatic N) is 1. The Morgan fingerprint density at radius 3 is 2.62 bits per heavy atom. The number of rotatable bonds is 5. The van der Waals surface area contributed by atoms with E-state index in [1.54, 1.807) is 0 Å². The fourth-order valence-corrected chi connectivity index (χ4v) is 2.76. The molecule has 4 heteroatoms. The van der Waals surface area contributed by atoms with Gasteiger partial charge in [0.25, 0.3) is 0 Å². The van der Waals surface area contributed by atoms with E-state index in [-0.39, 0.29) is 6.09 Å². The molecule has 0 spiro atoms. The summed E-state index contributed by atoms with van der Waals surface area (Å²) in [5.41, 5.74) is 7.03. The number of piperidine rings is 1. The van der Waals surface area contributed by atoms with E-state index in [2.05, 4.69) is 6.92 Å². The van der Waals surface area contributed by atoms with Gasteiger partial charge in [0.15, 0.2) is 0 Å². The van der Waals surface area contributed by atoms with Gasteiger partial charge in [0.05, 0.1) is 0 Å². The Hall–Kier alpha value is -1.55. The van der Waals surface area contributed by atoms with Crippen LogP contribution in [0.2, 0.25) is 0 Å². The van der Waals surface area contributed by atoms with Crippen molar-refractivity contribution >= 4 is 6.09 Å². The molecule has 0 radical (unpaired) electrons. The Balaban J connectivity index is 1.70. The molecule has 21 heavy (non-hydrogen) atoms. The summed E-state index contributed by atoms with van der Waals surface area (Å²) in [7, 11) is 0. The molecule has 2 N–H and O–H groups in total. The van der Waals surface area contributed by atoms with E-state index in [1.165, 1.54) is 0 Å². The van der Waals surface area contributed by atoms with Crippen LogP contribution in [0.25, 0.3) is 0 Å². The van der Waals surface area contributed by atoms with Crippen molar-refractivity contribution in [1.82, 2.24) is 4.90 Å². The quantitative estimate of drug-likeness (QED) is 0.906. The molecule has 1 fully saturated rings. The van der Waals surface area contributed by atoms with E-state index < -0.39 is 0 Å². The van der Waals surface area contributed by atoms with Crippen LogP contribution < -0.4 is 5.73 Å². The topological polar surface area (TPSA) is 55.6 Å². The molecule has 1 saturated heterocycles. The number of nitrogens with two attached hydrogens (primary N) is 1. The molecule has 0 saturated carbocycles. The summed E-state index contributed by atoms with van der Waals surface area (Å²) in [5, 5.41) is 0. The van der Waals surface area contributed by atoms with Crippen LogP contribution in [-0.2, 0) is 11.3 Å². The van der Waals surface area contributed by atoms with E-state index in [0.29, 0.717) is 18.6 Å². The normalized spacial score (nSPS) is 17.5. The van der Waals surface area contributed by atoms with Crippen LogP contribution in [0, 0.1) is 5.92 Å². The number of ether oxygens (including phenoxy) is 1. The standard InChI is InChI=1S/C17H26N2O2/c1-2-16(18)12-14-8-10-19(11-9-14)17(20)21-13-15-6-4-3-5-7-15/h3-7,14,16H,2,8-13,18H2,1H3. The van der Waals surface area contributed by atoms with Crippen molar-refractivity contribution < 1.29 is 9.53 Å². The Morgan fingerprint density at radius 1 is 1.33 bits per heavy atom. The van der Waals surface area contributed by atoms with Gasteiger partial charge in [-0.05, 0) is 37.2 Å². The smallest absolute Gasteiger partial charge is 0.410 e. The molecule has 1 aromatic carbocycles. The predicted octanol–water partition coefficient (Wildman–Crippen LogP) is 3.16. The molecule has 1 aromatic rings. The van der Waals surface area contributed by atoms with Crippen LogP contribution >= 0.6 is 0 Å². The molecular formula is C17H26N2O2. The number of carbonyl (C=O) groups excluding carboxylic acids is 1. The van der Waals surface area contributed by atoms with Crippen LogP contribution in [-0.4, -0.2) is 30.1 Å². The third kappa shape index (κ3) is 5.05. The van der Waals surface area contributed by atoms with Crippen molar-refractivity contribution in [2.45, 2.75) is 45.3 Å². The number of carbonyl (C=O) groups is 1. The Morgan fingerprint density at radius 2 is 2.00 bits per heavy atom. The number of likely N-dealkylation sites (tertiary alicyclic amines) is 1. The molecule has 4 nitrogen and oxygen atoms in total. The second kappa shape index (κ2) is 8.03. The maximum Gasteiger partial charge on any atom is 0.410 e. The van der Waals surface area contributed by atoms with Gasteiger partial charge in [-0.3, -0.25) is 0 Å². The first kappa shape index (κ1) is 15.8. The van der Waals surface area contributed by atoms with Gasteiger partial charge in [0, 0.05) is 19.1 Å². The minimum Gasteiger partial charge on any atom is -0.445 e. The highest BCUT2D eigenvalue weighted by atomic mass is 16.6. The summed E-state index contributed by atoms with van der Waals surface area (Å²) in [6.07, 6.45) is 3.97. The van der Waals surface area contributed by atoms with Crippen molar-refractivity contribution in [3.05, 3.63) is 35.9 Å². The minimum absolute atomic E-state index is 0.197. The average Bonchev–Trinajstić information content (AvgIpc) is 2.54. The Bertz CT molecular complexity index is 428. The zero-order valence-corrected chi connectivity index (χ0v) is 12.8. The summed E-state index contributed by atoms with van der Waals surface area (Å²) in [6, 6.07) is 10.1. The van der Waals surface area contributed by atoms with Crippen LogP contribution in [0.4, 0.5) is 4.79 Å². The summed E-state index contributed by atoms with van der Waals surface area (Å²) >= 11 is 0. The minimum atomic E-state index is -0.197. The largest absolute Gasteiger partial charge is 0.445 e. The number of amides is 1. The summed E-state index contributed by atoms with van der Waals surface area (Å²) in [5.74, 6) is 0.651. The van der Waals surface area contributed by atoms with Crippen LogP contribution in [0.3, 0.4) is 0 Å². The lowest BCUT2D eigenvalue weighted by atomic mass is 9.90. The average molecular weight is 290 g/mol. The van der Waals surface area contributed by atoms with Crippen molar-refractivity contribution in [3.8, 4) is 0 Å².